The highest BCUT2D eigenvalue weighted by atomic mass is 35.5. The van der Waals surface area contributed by atoms with E-state index in [1.54, 1.807) is 24.6 Å². The lowest BCUT2D eigenvalue weighted by Crippen LogP contribution is -2.33. The van der Waals surface area contributed by atoms with Crippen molar-refractivity contribution in [3.05, 3.63) is 39.3 Å². The molecular formula is C15H18Cl3N3O2S. The molecule has 1 aromatic carbocycles. The first kappa shape index (κ1) is 21.2. The summed E-state index contributed by atoms with van der Waals surface area (Å²) < 4.78 is 4.92. The van der Waals surface area contributed by atoms with Gasteiger partial charge in [0.2, 0.25) is 0 Å². The number of aromatic nitrogens is 1. The van der Waals surface area contributed by atoms with E-state index >= 15 is 0 Å². The molecule has 0 fully saturated rings. The van der Waals surface area contributed by atoms with E-state index in [0.29, 0.717) is 35.4 Å². The summed E-state index contributed by atoms with van der Waals surface area (Å²) in [4.78, 5) is 16.4. The first-order valence-corrected chi connectivity index (χ1v) is 8.64. The molecule has 2 aromatic rings. The molecule has 0 spiro atoms. The van der Waals surface area contributed by atoms with Crippen molar-refractivity contribution in [3.8, 4) is 10.6 Å². The molecule has 0 aliphatic heterocycles. The van der Waals surface area contributed by atoms with Gasteiger partial charge in [0.05, 0.1) is 16.7 Å². The van der Waals surface area contributed by atoms with Crippen LogP contribution in [0.2, 0.25) is 10.0 Å². The standard InChI is InChI=1S/C15H17Cl2N3O2S.ClH/c1-22-7-6-18-4-5-19-14(21)13-9-23-15(20-13)10-2-3-11(16)12(17)8-10;/h2-3,8-9,18H,4-7H2,1H3,(H,19,21);1H. The Balaban J connectivity index is 0.00000288. The van der Waals surface area contributed by atoms with E-state index in [9.17, 15) is 4.79 Å². The summed E-state index contributed by atoms with van der Waals surface area (Å²) in [5.41, 5.74) is 1.23. The number of carbonyl (C=O) groups is 1. The Bertz CT molecular complexity index is 667. The van der Waals surface area contributed by atoms with E-state index in [4.69, 9.17) is 27.9 Å². The number of methoxy groups -OCH3 is 1. The maximum atomic E-state index is 12.0. The van der Waals surface area contributed by atoms with E-state index in [0.717, 1.165) is 17.1 Å². The number of benzene rings is 1. The second-order valence-corrected chi connectivity index (χ2v) is 6.34. The molecule has 132 valence electrons. The Kier molecular flexibility index (Phi) is 9.58. The summed E-state index contributed by atoms with van der Waals surface area (Å²) in [6.45, 7) is 2.61. The van der Waals surface area contributed by atoms with Crippen LogP contribution < -0.4 is 10.6 Å². The fraction of sp³-hybridized carbons (Fsp3) is 0.333. The summed E-state index contributed by atoms with van der Waals surface area (Å²) in [6, 6.07) is 5.28. The van der Waals surface area contributed by atoms with Crippen LogP contribution in [0.15, 0.2) is 23.6 Å². The van der Waals surface area contributed by atoms with Gasteiger partial charge in [-0.1, -0.05) is 29.3 Å². The average Bonchev–Trinajstić information content (AvgIpc) is 3.03. The van der Waals surface area contributed by atoms with E-state index in [1.807, 2.05) is 6.07 Å². The third kappa shape index (κ3) is 6.20. The zero-order valence-corrected chi connectivity index (χ0v) is 16.1. The molecule has 0 atom stereocenters. The van der Waals surface area contributed by atoms with Crippen molar-refractivity contribution in [2.45, 2.75) is 0 Å². The van der Waals surface area contributed by atoms with E-state index < -0.39 is 0 Å². The molecule has 0 saturated heterocycles. The zero-order valence-electron chi connectivity index (χ0n) is 13.0. The van der Waals surface area contributed by atoms with E-state index in [-0.39, 0.29) is 18.3 Å². The van der Waals surface area contributed by atoms with Crippen LogP contribution in [0, 0.1) is 0 Å². The van der Waals surface area contributed by atoms with Gasteiger partial charge in [-0.25, -0.2) is 4.98 Å². The molecule has 1 heterocycles. The van der Waals surface area contributed by atoms with Gasteiger partial charge in [0.1, 0.15) is 10.7 Å². The molecule has 0 aliphatic rings. The van der Waals surface area contributed by atoms with Crippen LogP contribution in [0.1, 0.15) is 10.5 Å². The van der Waals surface area contributed by atoms with Crippen molar-refractivity contribution in [2.75, 3.05) is 33.4 Å². The number of halogens is 3. The van der Waals surface area contributed by atoms with Gasteiger partial charge in [-0.3, -0.25) is 4.79 Å². The Morgan fingerprint density at radius 2 is 2.04 bits per heavy atom. The van der Waals surface area contributed by atoms with Crippen molar-refractivity contribution in [1.29, 1.82) is 0 Å². The van der Waals surface area contributed by atoms with Gasteiger partial charge in [0.25, 0.3) is 5.91 Å². The van der Waals surface area contributed by atoms with Gasteiger partial charge in [-0.05, 0) is 12.1 Å². The second kappa shape index (κ2) is 10.9. The van der Waals surface area contributed by atoms with Crippen molar-refractivity contribution in [3.63, 3.8) is 0 Å². The molecule has 0 radical (unpaired) electrons. The number of hydrogen-bond donors (Lipinski definition) is 2. The molecule has 0 saturated carbocycles. The molecule has 1 aromatic heterocycles. The third-order valence-corrected chi connectivity index (χ3v) is 4.60. The van der Waals surface area contributed by atoms with Crippen LogP contribution in [-0.4, -0.2) is 44.2 Å². The summed E-state index contributed by atoms with van der Waals surface area (Å²) in [5.74, 6) is -0.193. The Labute approximate surface area is 161 Å². The van der Waals surface area contributed by atoms with Crippen molar-refractivity contribution >= 4 is 52.9 Å². The molecule has 0 unspecified atom stereocenters. The number of amides is 1. The third-order valence-electron chi connectivity index (χ3n) is 2.97. The van der Waals surface area contributed by atoms with Crippen LogP contribution in [0.4, 0.5) is 0 Å². The second-order valence-electron chi connectivity index (χ2n) is 4.67. The molecule has 2 rings (SSSR count). The highest BCUT2D eigenvalue weighted by Gasteiger charge is 2.12. The van der Waals surface area contributed by atoms with Crippen LogP contribution >= 0.6 is 46.9 Å². The lowest BCUT2D eigenvalue weighted by Gasteiger charge is -2.05. The zero-order chi connectivity index (χ0) is 16.7. The molecular weight excluding hydrogens is 393 g/mol. The molecule has 0 bridgehead atoms. The highest BCUT2D eigenvalue weighted by Crippen LogP contribution is 2.30. The Hall–Kier alpha value is -0.890. The van der Waals surface area contributed by atoms with Gasteiger partial charge in [0, 0.05) is 37.7 Å². The number of ether oxygens (including phenoxy) is 1. The fourth-order valence-electron chi connectivity index (χ4n) is 1.79. The highest BCUT2D eigenvalue weighted by molar-refractivity contribution is 7.13. The maximum Gasteiger partial charge on any atom is 0.270 e. The SMILES string of the molecule is COCCNCCNC(=O)c1csc(-c2ccc(Cl)c(Cl)c2)n1.Cl. The minimum Gasteiger partial charge on any atom is -0.383 e. The topological polar surface area (TPSA) is 63.2 Å². The minimum absolute atomic E-state index is 0. The number of carbonyl (C=O) groups excluding carboxylic acids is 1. The van der Waals surface area contributed by atoms with Crippen LogP contribution in [0.5, 0.6) is 0 Å². The molecule has 2 N–H and O–H groups in total. The smallest absolute Gasteiger partial charge is 0.270 e. The predicted octanol–water partition coefficient (Wildman–Crippen LogP) is 3.50. The largest absolute Gasteiger partial charge is 0.383 e. The number of thiazole rings is 1. The number of rotatable bonds is 8. The van der Waals surface area contributed by atoms with Gasteiger partial charge in [0.15, 0.2) is 0 Å². The van der Waals surface area contributed by atoms with Gasteiger partial charge in [-0.15, -0.1) is 23.7 Å². The molecule has 0 aliphatic carbocycles. The summed E-state index contributed by atoms with van der Waals surface area (Å²) >= 11 is 13.3. The fourth-order valence-corrected chi connectivity index (χ4v) is 2.89. The van der Waals surface area contributed by atoms with Crippen molar-refractivity contribution < 1.29 is 9.53 Å². The van der Waals surface area contributed by atoms with E-state index in [2.05, 4.69) is 15.6 Å². The molecule has 24 heavy (non-hydrogen) atoms. The lowest BCUT2D eigenvalue weighted by atomic mass is 10.2. The first-order valence-electron chi connectivity index (χ1n) is 7.00. The molecule has 1 amide bonds. The van der Waals surface area contributed by atoms with Crippen LogP contribution in [-0.2, 0) is 4.74 Å². The summed E-state index contributed by atoms with van der Waals surface area (Å²) in [5, 5.41) is 9.38. The Morgan fingerprint density at radius 3 is 2.75 bits per heavy atom. The Morgan fingerprint density at radius 1 is 1.25 bits per heavy atom. The summed E-state index contributed by atoms with van der Waals surface area (Å²) in [7, 11) is 1.65. The van der Waals surface area contributed by atoms with E-state index in [1.165, 1.54) is 11.3 Å². The molecule has 5 nitrogen and oxygen atoms in total. The summed E-state index contributed by atoms with van der Waals surface area (Å²) in [6.07, 6.45) is 0. The number of hydrogen-bond acceptors (Lipinski definition) is 5. The van der Waals surface area contributed by atoms with Crippen LogP contribution in [0.25, 0.3) is 10.6 Å². The maximum absolute atomic E-state index is 12.0. The predicted molar refractivity (Wildman–Crippen MR) is 102 cm³/mol. The quantitative estimate of drug-likeness (QED) is 0.654. The van der Waals surface area contributed by atoms with Crippen molar-refractivity contribution in [2.24, 2.45) is 0 Å². The normalized spacial score (nSPS) is 10.3. The van der Waals surface area contributed by atoms with Gasteiger partial charge < -0.3 is 15.4 Å². The van der Waals surface area contributed by atoms with Crippen molar-refractivity contribution in [1.82, 2.24) is 15.6 Å². The molecule has 9 heteroatoms. The number of nitrogens with one attached hydrogen (secondary N) is 2. The van der Waals surface area contributed by atoms with Gasteiger partial charge >= 0.3 is 0 Å². The minimum atomic E-state index is -0.193. The van der Waals surface area contributed by atoms with Gasteiger partial charge in [-0.2, -0.15) is 0 Å². The van der Waals surface area contributed by atoms with Crippen LogP contribution in [0.3, 0.4) is 0 Å². The lowest BCUT2D eigenvalue weighted by molar-refractivity contribution is 0.0949. The number of nitrogens with zero attached hydrogens (tertiary/aromatic N) is 1. The average molecular weight is 411 g/mol. The first-order chi connectivity index (χ1) is 11.1. The monoisotopic (exact) mass is 409 g/mol.